The van der Waals surface area contributed by atoms with E-state index < -0.39 is 0 Å². The smallest absolute Gasteiger partial charge is 0.134 e. The molecule has 2 nitrogen and oxygen atoms in total. The van der Waals surface area contributed by atoms with Crippen LogP contribution in [0.3, 0.4) is 0 Å². The third-order valence-electron chi connectivity index (χ3n) is 3.72. The second-order valence-electron chi connectivity index (χ2n) is 5.18. The van der Waals surface area contributed by atoms with Crippen molar-refractivity contribution >= 4 is 22.3 Å². The first-order valence-corrected chi connectivity index (χ1v) is 8.06. The van der Waals surface area contributed by atoms with E-state index in [4.69, 9.17) is 4.42 Å². The first-order chi connectivity index (χ1) is 10.2. The van der Waals surface area contributed by atoms with Crippen LogP contribution >= 0.6 is 11.3 Å². The molecule has 0 aliphatic carbocycles. The molecule has 0 fully saturated rings. The number of hydrogen-bond donors (Lipinski definition) is 1. The average molecular weight is 303 g/mol. The molecule has 0 aliphatic rings. The van der Waals surface area contributed by atoms with Gasteiger partial charge in [-0.1, -0.05) is 6.92 Å². The molecule has 4 heteroatoms. The van der Waals surface area contributed by atoms with Crippen LogP contribution in [0.5, 0.6) is 0 Å². The molecule has 2 heterocycles. The van der Waals surface area contributed by atoms with E-state index in [1.165, 1.54) is 11.6 Å². The molecule has 1 N–H and O–H groups in total. The molecule has 110 valence electrons. The zero-order chi connectivity index (χ0) is 14.8. The summed E-state index contributed by atoms with van der Waals surface area (Å²) < 4.78 is 19.4. The molecule has 0 bridgehead atoms. The number of likely N-dealkylation sites (N-methyl/N-ethyl adjacent to an activating group) is 1. The largest absolute Gasteiger partial charge is 0.459 e. The number of rotatable bonds is 5. The maximum Gasteiger partial charge on any atom is 0.134 e. The summed E-state index contributed by atoms with van der Waals surface area (Å²) in [6, 6.07) is 6.93. The van der Waals surface area contributed by atoms with E-state index >= 15 is 0 Å². The first kappa shape index (κ1) is 14.3. The van der Waals surface area contributed by atoms with Crippen molar-refractivity contribution < 1.29 is 8.81 Å². The van der Waals surface area contributed by atoms with Gasteiger partial charge in [0.2, 0.25) is 0 Å². The van der Waals surface area contributed by atoms with Gasteiger partial charge < -0.3 is 9.73 Å². The van der Waals surface area contributed by atoms with Gasteiger partial charge in [0.15, 0.2) is 0 Å². The predicted molar refractivity (Wildman–Crippen MR) is 85.3 cm³/mol. The van der Waals surface area contributed by atoms with Crippen LogP contribution in [-0.2, 0) is 6.42 Å². The van der Waals surface area contributed by atoms with Crippen molar-refractivity contribution in [2.45, 2.75) is 26.3 Å². The summed E-state index contributed by atoms with van der Waals surface area (Å²) in [4.78, 5) is 0. The summed E-state index contributed by atoms with van der Waals surface area (Å²) >= 11 is 1.70. The van der Waals surface area contributed by atoms with E-state index in [2.05, 4.69) is 29.1 Å². The highest BCUT2D eigenvalue weighted by atomic mass is 32.1. The molecule has 1 aromatic carbocycles. The molecule has 21 heavy (non-hydrogen) atoms. The lowest BCUT2D eigenvalue weighted by Crippen LogP contribution is -2.23. The molecule has 3 rings (SSSR count). The fourth-order valence-electron chi connectivity index (χ4n) is 2.69. The fourth-order valence-corrected chi connectivity index (χ4v) is 3.37. The van der Waals surface area contributed by atoms with E-state index in [0.29, 0.717) is 0 Å². The van der Waals surface area contributed by atoms with Crippen molar-refractivity contribution in [3.63, 3.8) is 0 Å². The topological polar surface area (TPSA) is 25.2 Å². The van der Waals surface area contributed by atoms with Crippen molar-refractivity contribution in [3.05, 3.63) is 57.7 Å². The minimum Gasteiger partial charge on any atom is -0.459 e. The third-order valence-corrected chi connectivity index (χ3v) is 4.45. The number of hydrogen-bond acceptors (Lipinski definition) is 3. The summed E-state index contributed by atoms with van der Waals surface area (Å²) in [6.07, 6.45) is 0.875. The van der Waals surface area contributed by atoms with Crippen molar-refractivity contribution in [1.29, 1.82) is 0 Å². The molecular formula is C17H18FNOS. The minimum absolute atomic E-state index is 0.111. The van der Waals surface area contributed by atoms with Crippen LogP contribution in [0, 0.1) is 12.7 Å². The van der Waals surface area contributed by atoms with Gasteiger partial charge in [-0.3, -0.25) is 0 Å². The number of benzene rings is 1. The van der Waals surface area contributed by atoms with E-state index in [0.717, 1.165) is 35.3 Å². The number of aryl methyl sites for hydroxylation is 1. The zero-order valence-corrected chi connectivity index (χ0v) is 13.0. The maximum atomic E-state index is 13.4. The number of furan rings is 1. The fraction of sp³-hybridized carbons (Fsp3) is 0.294. The Morgan fingerprint density at radius 3 is 2.90 bits per heavy atom. The second kappa shape index (κ2) is 6.00. The van der Waals surface area contributed by atoms with Gasteiger partial charge in [0, 0.05) is 10.9 Å². The minimum atomic E-state index is -0.226. The molecule has 2 aromatic heterocycles. The number of nitrogens with one attached hydrogen (secondary N) is 1. The van der Waals surface area contributed by atoms with E-state index in [-0.39, 0.29) is 11.9 Å². The standard InChI is InChI=1S/C17H18FNOS/c1-3-19-15(8-12-6-7-21-10-12)17-11(2)14-9-13(18)4-5-16(14)20-17/h4-7,9-10,15,19H,3,8H2,1-2H3. The van der Waals surface area contributed by atoms with Gasteiger partial charge in [0.1, 0.15) is 17.2 Å². The van der Waals surface area contributed by atoms with Crippen LogP contribution in [0.15, 0.2) is 39.4 Å². The van der Waals surface area contributed by atoms with Crippen molar-refractivity contribution in [3.8, 4) is 0 Å². The Balaban J connectivity index is 2.00. The summed E-state index contributed by atoms with van der Waals surface area (Å²) in [5, 5.41) is 8.57. The molecule has 0 radical (unpaired) electrons. The molecule has 0 aliphatic heterocycles. The zero-order valence-electron chi connectivity index (χ0n) is 12.2. The van der Waals surface area contributed by atoms with Crippen LogP contribution < -0.4 is 5.32 Å². The Morgan fingerprint density at radius 1 is 1.33 bits per heavy atom. The molecular weight excluding hydrogens is 285 g/mol. The van der Waals surface area contributed by atoms with Crippen LogP contribution in [0.2, 0.25) is 0 Å². The van der Waals surface area contributed by atoms with Gasteiger partial charge in [-0.05, 0) is 60.5 Å². The summed E-state index contributed by atoms with van der Waals surface area (Å²) in [5.74, 6) is 0.680. The van der Waals surface area contributed by atoms with E-state index in [1.54, 1.807) is 23.5 Å². The quantitative estimate of drug-likeness (QED) is 0.730. The van der Waals surface area contributed by atoms with Gasteiger partial charge in [-0.2, -0.15) is 11.3 Å². The maximum absolute atomic E-state index is 13.4. The highest BCUT2D eigenvalue weighted by Crippen LogP contribution is 2.31. The van der Waals surface area contributed by atoms with Gasteiger partial charge in [0.05, 0.1) is 6.04 Å². The van der Waals surface area contributed by atoms with Gasteiger partial charge in [-0.25, -0.2) is 4.39 Å². The normalized spacial score (nSPS) is 12.9. The predicted octanol–water partition coefficient (Wildman–Crippen LogP) is 4.84. The third kappa shape index (κ3) is 2.87. The molecule has 3 aromatic rings. The van der Waals surface area contributed by atoms with Crippen LogP contribution in [0.25, 0.3) is 11.0 Å². The van der Waals surface area contributed by atoms with E-state index in [9.17, 15) is 4.39 Å². The Morgan fingerprint density at radius 2 is 2.19 bits per heavy atom. The Labute approximate surface area is 127 Å². The lowest BCUT2D eigenvalue weighted by Gasteiger charge is -2.16. The SMILES string of the molecule is CCNC(Cc1ccsc1)c1oc2ccc(F)cc2c1C. The monoisotopic (exact) mass is 303 g/mol. The Kier molecular flexibility index (Phi) is 4.08. The summed E-state index contributed by atoms with van der Waals surface area (Å²) in [7, 11) is 0. The number of thiophene rings is 1. The highest BCUT2D eigenvalue weighted by Gasteiger charge is 2.20. The number of fused-ring (bicyclic) bond motifs is 1. The van der Waals surface area contributed by atoms with Crippen molar-refractivity contribution in [2.24, 2.45) is 0 Å². The lowest BCUT2D eigenvalue weighted by atomic mass is 10.0. The molecule has 0 saturated carbocycles. The first-order valence-electron chi connectivity index (χ1n) is 7.12. The van der Waals surface area contributed by atoms with Crippen molar-refractivity contribution in [2.75, 3.05) is 6.54 Å². The second-order valence-corrected chi connectivity index (χ2v) is 5.96. The van der Waals surface area contributed by atoms with Crippen LogP contribution in [-0.4, -0.2) is 6.54 Å². The Hall–Kier alpha value is -1.65. The van der Waals surface area contributed by atoms with Crippen LogP contribution in [0.4, 0.5) is 4.39 Å². The Bertz CT molecular complexity index is 733. The van der Waals surface area contributed by atoms with Crippen LogP contribution in [0.1, 0.15) is 29.9 Å². The molecule has 1 unspecified atom stereocenters. The average Bonchev–Trinajstić information content (AvgIpc) is 3.08. The molecule has 0 amide bonds. The van der Waals surface area contributed by atoms with Gasteiger partial charge in [-0.15, -0.1) is 0 Å². The number of halogens is 1. The molecule has 0 saturated heterocycles. The molecule has 0 spiro atoms. The van der Waals surface area contributed by atoms with Crippen molar-refractivity contribution in [1.82, 2.24) is 5.32 Å². The molecule has 1 atom stereocenters. The summed E-state index contributed by atoms with van der Waals surface area (Å²) in [6.45, 7) is 4.94. The van der Waals surface area contributed by atoms with E-state index in [1.807, 2.05) is 6.92 Å². The summed E-state index contributed by atoms with van der Waals surface area (Å²) in [5.41, 5.74) is 3.06. The van der Waals surface area contributed by atoms with Gasteiger partial charge in [0.25, 0.3) is 0 Å². The highest BCUT2D eigenvalue weighted by molar-refractivity contribution is 7.07. The van der Waals surface area contributed by atoms with Gasteiger partial charge >= 0.3 is 0 Å². The lowest BCUT2D eigenvalue weighted by molar-refractivity contribution is 0.432.